The number of carbonyl (C=O) groups excluding carboxylic acids is 3. The predicted molar refractivity (Wildman–Crippen MR) is 113 cm³/mol. The number of hydrogen-bond donors (Lipinski definition) is 2. The molecule has 0 radical (unpaired) electrons. The van der Waals surface area contributed by atoms with E-state index in [4.69, 9.17) is 14.2 Å². The highest BCUT2D eigenvalue weighted by Crippen LogP contribution is 2.10. The number of hydrogen-bond acceptors (Lipinski definition) is 6. The van der Waals surface area contributed by atoms with Crippen molar-refractivity contribution in [2.45, 2.75) is 78.4 Å². The molecule has 0 bridgehead atoms. The Hall–Kier alpha value is -2.61. The highest BCUT2D eigenvalue weighted by molar-refractivity contribution is 5.89. The molecule has 30 heavy (non-hydrogen) atoms. The molecular formula is C22H34N2O6. The summed E-state index contributed by atoms with van der Waals surface area (Å²) in [5.74, 6) is -1.15. The first-order valence-corrected chi connectivity index (χ1v) is 9.91. The van der Waals surface area contributed by atoms with Crippen molar-refractivity contribution in [1.82, 2.24) is 10.6 Å². The molecular weight excluding hydrogens is 388 g/mol. The Morgan fingerprint density at radius 1 is 0.933 bits per heavy atom. The van der Waals surface area contributed by atoms with Gasteiger partial charge in [0.1, 0.15) is 24.3 Å². The first-order valence-electron chi connectivity index (χ1n) is 9.91. The lowest BCUT2D eigenvalue weighted by molar-refractivity contribution is -0.158. The van der Waals surface area contributed by atoms with Crippen LogP contribution in [0.15, 0.2) is 30.3 Å². The molecule has 0 heterocycles. The molecule has 0 fully saturated rings. The Morgan fingerprint density at radius 2 is 1.53 bits per heavy atom. The SMILES string of the molecule is C[C@H](NC(=O)[C@@H](COC(C)(C)C)NC(=O)OCc1ccccc1)C(=O)OC(C)(C)C. The number of esters is 1. The lowest BCUT2D eigenvalue weighted by Crippen LogP contribution is -2.54. The molecule has 1 aromatic carbocycles. The minimum absolute atomic E-state index is 0.0649. The van der Waals surface area contributed by atoms with E-state index in [1.165, 1.54) is 6.92 Å². The monoisotopic (exact) mass is 422 g/mol. The summed E-state index contributed by atoms with van der Waals surface area (Å²) in [5, 5.41) is 5.06. The zero-order chi connectivity index (χ0) is 22.9. The maximum absolute atomic E-state index is 12.7. The van der Waals surface area contributed by atoms with Gasteiger partial charge in [0.05, 0.1) is 12.2 Å². The minimum Gasteiger partial charge on any atom is -0.458 e. The summed E-state index contributed by atoms with van der Waals surface area (Å²) in [6, 6.07) is 7.24. The van der Waals surface area contributed by atoms with Gasteiger partial charge in [-0.2, -0.15) is 0 Å². The van der Waals surface area contributed by atoms with Gasteiger partial charge in [-0.3, -0.25) is 4.79 Å². The lowest BCUT2D eigenvalue weighted by atomic mass is 10.2. The van der Waals surface area contributed by atoms with E-state index in [9.17, 15) is 14.4 Å². The van der Waals surface area contributed by atoms with Crippen LogP contribution in [0, 0.1) is 0 Å². The van der Waals surface area contributed by atoms with Gasteiger partial charge in [0.15, 0.2) is 0 Å². The van der Waals surface area contributed by atoms with Crippen molar-refractivity contribution in [2.75, 3.05) is 6.61 Å². The highest BCUT2D eigenvalue weighted by atomic mass is 16.6. The molecule has 0 saturated heterocycles. The second kappa shape index (κ2) is 11.0. The average molecular weight is 423 g/mol. The van der Waals surface area contributed by atoms with E-state index in [0.717, 1.165) is 5.56 Å². The van der Waals surface area contributed by atoms with Crippen molar-refractivity contribution < 1.29 is 28.6 Å². The van der Waals surface area contributed by atoms with Gasteiger partial charge in [-0.1, -0.05) is 30.3 Å². The molecule has 0 unspecified atom stereocenters. The number of benzene rings is 1. The first-order chi connectivity index (χ1) is 13.8. The summed E-state index contributed by atoms with van der Waals surface area (Å²) >= 11 is 0. The first kappa shape index (κ1) is 25.4. The van der Waals surface area contributed by atoms with Crippen molar-refractivity contribution in [3.63, 3.8) is 0 Å². The molecule has 2 amide bonds. The standard InChI is InChI=1S/C22H34N2O6/c1-15(19(26)30-22(5,6)7)23-18(25)17(14-29-21(2,3)4)24-20(27)28-13-16-11-9-8-10-12-16/h8-12,15,17H,13-14H2,1-7H3,(H,23,25)(H,24,27)/t15-,17+/m0/s1. The third-order valence-electron chi connectivity index (χ3n) is 3.62. The van der Waals surface area contributed by atoms with Gasteiger partial charge in [-0.25, -0.2) is 9.59 Å². The number of nitrogens with one attached hydrogen (secondary N) is 2. The molecule has 168 valence electrons. The van der Waals surface area contributed by atoms with Gasteiger partial charge in [0.2, 0.25) is 5.91 Å². The van der Waals surface area contributed by atoms with E-state index in [1.54, 1.807) is 20.8 Å². The van der Waals surface area contributed by atoms with Gasteiger partial charge in [-0.15, -0.1) is 0 Å². The Morgan fingerprint density at radius 3 is 2.07 bits per heavy atom. The Kier molecular flexibility index (Phi) is 9.29. The molecule has 8 nitrogen and oxygen atoms in total. The van der Waals surface area contributed by atoms with Crippen molar-refractivity contribution in [3.05, 3.63) is 35.9 Å². The Labute approximate surface area is 178 Å². The fourth-order valence-corrected chi connectivity index (χ4v) is 2.19. The van der Waals surface area contributed by atoms with Gasteiger partial charge in [0, 0.05) is 0 Å². The van der Waals surface area contributed by atoms with Crippen molar-refractivity contribution in [3.8, 4) is 0 Å². The summed E-state index contributed by atoms with van der Waals surface area (Å²) in [6.07, 6.45) is -0.763. The van der Waals surface area contributed by atoms with E-state index in [-0.39, 0.29) is 13.2 Å². The molecule has 0 aliphatic heterocycles. The van der Waals surface area contributed by atoms with Crippen LogP contribution >= 0.6 is 0 Å². The van der Waals surface area contributed by atoms with Gasteiger partial charge < -0.3 is 24.8 Å². The second-order valence-corrected chi connectivity index (χ2v) is 8.95. The van der Waals surface area contributed by atoms with E-state index >= 15 is 0 Å². The molecule has 2 N–H and O–H groups in total. The van der Waals surface area contributed by atoms with E-state index < -0.39 is 41.3 Å². The Balaban J connectivity index is 2.72. The third kappa shape index (κ3) is 10.8. The van der Waals surface area contributed by atoms with Crippen molar-refractivity contribution in [2.24, 2.45) is 0 Å². The summed E-state index contributed by atoms with van der Waals surface area (Å²) in [7, 11) is 0. The zero-order valence-electron chi connectivity index (χ0n) is 18.9. The van der Waals surface area contributed by atoms with Crippen LogP contribution in [-0.2, 0) is 30.4 Å². The van der Waals surface area contributed by atoms with Crippen LogP contribution in [-0.4, -0.2) is 47.9 Å². The number of alkyl carbamates (subject to hydrolysis) is 1. The van der Waals surface area contributed by atoms with Crippen molar-refractivity contribution >= 4 is 18.0 Å². The van der Waals surface area contributed by atoms with E-state index in [0.29, 0.717) is 0 Å². The van der Waals surface area contributed by atoms with Crippen LogP contribution in [0.1, 0.15) is 54.0 Å². The molecule has 0 spiro atoms. The zero-order valence-corrected chi connectivity index (χ0v) is 18.9. The molecule has 1 aromatic rings. The van der Waals surface area contributed by atoms with Gasteiger partial charge in [0.25, 0.3) is 0 Å². The molecule has 1 rings (SSSR count). The molecule has 2 atom stereocenters. The lowest BCUT2D eigenvalue weighted by Gasteiger charge is -2.26. The molecule has 0 aliphatic carbocycles. The predicted octanol–water partition coefficient (Wildman–Crippen LogP) is 2.94. The number of carbonyl (C=O) groups is 3. The molecule has 0 aromatic heterocycles. The summed E-state index contributed by atoms with van der Waals surface area (Å²) < 4.78 is 16.1. The largest absolute Gasteiger partial charge is 0.458 e. The number of rotatable bonds is 8. The van der Waals surface area contributed by atoms with E-state index in [1.807, 2.05) is 51.1 Å². The normalized spacial score (nSPS) is 13.7. The molecule has 0 aliphatic rings. The van der Waals surface area contributed by atoms with Crippen LogP contribution in [0.5, 0.6) is 0 Å². The van der Waals surface area contributed by atoms with E-state index in [2.05, 4.69) is 10.6 Å². The third-order valence-corrected chi connectivity index (χ3v) is 3.62. The topological polar surface area (TPSA) is 103 Å². The van der Waals surface area contributed by atoms with Crippen LogP contribution in [0.25, 0.3) is 0 Å². The fourth-order valence-electron chi connectivity index (χ4n) is 2.19. The fraction of sp³-hybridized carbons (Fsp3) is 0.591. The quantitative estimate of drug-likeness (QED) is 0.625. The van der Waals surface area contributed by atoms with Crippen LogP contribution in [0.2, 0.25) is 0 Å². The number of amides is 2. The van der Waals surface area contributed by atoms with Gasteiger partial charge >= 0.3 is 12.1 Å². The average Bonchev–Trinajstić information content (AvgIpc) is 2.62. The second-order valence-electron chi connectivity index (χ2n) is 8.95. The van der Waals surface area contributed by atoms with Crippen molar-refractivity contribution in [1.29, 1.82) is 0 Å². The summed E-state index contributed by atoms with van der Waals surface area (Å²) in [5.41, 5.74) is -0.381. The summed E-state index contributed by atoms with van der Waals surface area (Å²) in [6.45, 7) is 12.2. The van der Waals surface area contributed by atoms with Gasteiger partial charge in [-0.05, 0) is 54.0 Å². The maximum Gasteiger partial charge on any atom is 0.408 e. The van der Waals surface area contributed by atoms with Crippen LogP contribution < -0.4 is 10.6 Å². The summed E-state index contributed by atoms with van der Waals surface area (Å²) in [4.78, 5) is 37.0. The Bertz CT molecular complexity index is 707. The number of ether oxygens (including phenoxy) is 3. The van der Waals surface area contributed by atoms with Crippen LogP contribution in [0.4, 0.5) is 4.79 Å². The highest BCUT2D eigenvalue weighted by Gasteiger charge is 2.29. The molecule has 0 saturated carbocycles. The minimum atomic E-state index is -1.04. The smallest absolute Gasteiger partial charge is 0.408 e. The van der Waals surface area contributed by atoms with Crippen LogP contribution in [0.3, 0.4) is 0 Å². The maximum atomic E-state index is 12.7. The molecule has 8 heteroatoms.